The number of aliphatic carboxylic acids is 1. The predicted molar refractivity (Wildman–Crippen MR) is 53.5 cm³/mol. The van der Waals surface area contributed by atoms with Crippen molar-refractivity contribution in [3.63, 3.8) is 0 Å². The quantitative estimate of drug-likeness (QED) is 0.802. The van der Waals surface area contributed by atoms with Gasteiger partial charge in [0.25, 0.3) is 0 Å². The van der Waals surface area contributed by atoms with E-state index in [-0.39, 0.29) is 0 Å². The van der Waals surface area contributed by atoms with Crippen LogP contribution in [0.1, 0.15) is 17.9 Å². The molecule has 0 saturated carbocycles. The van der Waals surface area contributed by atoms with Crippen molar-refractivity contribution in [3.05, 3.63) is 23.8 Å². The van der Waals surface area contributed by atoms with Crippen molar-refractivity contribution in [1.82, 2.24) is 0 Å². The predicted octanol–water partition coefficient (Wildman–Crippen LogP) is 1.65. The number of rotatable bonds is 2. The molecule has 0 aliphatic carbocycles. The zero-order valence-corrected chi connectivity index (χ0v) is 8.40. The average molecular weight is 208 g/mol. The van der Waals surface area contributed by atoms with Crippen LogP contribution in [0.15, 0.2) is 18.2 Å². The van der Waals surface area contributed by atoms with E-state index >= 15 is 0 Å². The molecule has 0 fully saturated rings. The summed E-state index contributed by atoms with van der Waals surface area (Å²) in [6, 6.07) is 5.32. The maximum absolute atomic E-state index is 11.0. The molecular formula is C11H12O4. The minimum atomic E-state index is -0.812. The number of carboxylic acids is 1. The Labute approximate surface area is 87.4 Å². The van der Waals surface area contributed by atoms with Crippen LogP contribution in [-0.2, 0) is 4.79 Å². The van der Waals surface area contributed by atoms with Crippen molar-refractivity contribution < 1.29 is 19.4 Å². The normalized spacial score (nSPS) is 18.9. The summed E-state index contributed by atoms with van der Waals surface area (Å²) in [7, 11) is 1.54. The van der Waals surface area contributed by atoms with Gasteiger partial charge in [0.2, 0.25) is 0 Å². The molecule has 0 aromatic heterocycles. The first-order valence-electron chi connectivity index (χ1n) is 4.76. The molecule has 1 atom stereocenters. The fraction of sp³-hybridized carbons (Fsp3) is 0.364. The van der Waals surface area contributed by atoms with Crippen molar-refractivity contribution in [2.24, 2.45) is 0 Å². The number of carbonyl (C=O) groups is 1. The fourth-order valence-electron chi connectivity index (χ4n) is 1.81. The third-order valence-corrected chi connectivity index (χ3v) is 2.56. The summed E-state index contributed by atoms with van der Waals surface area (Å²) in [6.45, 7) is 0.421. The molecule has 1 aromatic carbocycles. The first-order valence-corrected chi connectivity index (χ1v) is 4.76. The summed E-state index contributed by atoms with van der Waals surface area (Å²) in [4.78, 5) is 11.0. The highest BCUT2D eigenvalue weighted by Crippen LogP contribution is 2.40. The zero-order valence-electron chi connectivity index (χ0n) is 8.40. The zero-order chi connectivity index (χ0) is 10.8. The number of para-hydroxylation sites is 1. The van der Waals surface area contributed by atoms with Gasteiger partial charge in [0, 0.05) is 5.56 Å². The molecule has 4 heteroatoms. The van der Waals surface area contributed by atoms with Crippen LogP contribution in [0.5, 0.6) is 11.5 Å². The van der Waals surface area contributed by atoms with E-state index in [0.29, 0.717) is 30.1 Å². The third-order valence-electron chi connectivity index (χ3n) is 2.56. The van der Waals surface area contributed by atoms with Crippen molar-refractivity contribution >= 4 is 5.97 Å². The SMILES string of the molecule is COc1cccc2c1OCC[C@H]2C(=O)O. The highest BCUT2D eigenvalue weighted by molar-refractivity contribution is 5.78. The molecule has 4 nitrogen and oxygen atoms in total. The number of benzene rings is 1. The van der Waals surface area contributed by atoms with Gasteiger partial charge in [-0.3, -0.25) is 4.79 Å². The molecule has 15 heavy (non-hydrogen) atoms. The first kappa shape index (κ1) is 9.83. The fourth-order valence-corrected chi connectivity index (χ4v) is 1.81. The number of methoxy groups -OCH3 is 1. The van der Waals surface area contributed by atoms with Crippen LogP contribution in [0.25, 0.3) is 0 Å². The van der Waals surface area contributed by atoms with E-state index in [1.165, 1.54) is 0 Å². The molecule has 0 radical (unpaired) electrons. The Balaban J connectivity index is 2.48. The van der Waals surface area contributed by atoms with Gasteiger partial charge in [-0.25, -0.2) is 0 Å². The highest BCUT2D eigenvalue weighted by Gasteiger charge is 2.29. The Kier molecular flexibility index (Phi) is 2.49. The second-order valence-corrected chi connectivity index (χ2v) is 3.41. The number of ether oxygens (including phenoxy) is 2. The van der Waals surface area contributed by atoms with Gasteiger partial charge in [0.15, 0.2) is 11.5 Å². The smallest absolute Gasteiger partial charge is 0.311 e. The van der Waals surface area contributed by atoms with E-state index in [2.05, 4.69) is 0 Å². The molecule has 1 aliphatic heterocycles. The van der Waals surface area contributed by atoms with Gasteiger partial charge in [-0.1, -0.05) is 12.1 Å². The molecule has 0 amide bonds. The van der Waals surface area contributed by atoms with Crippen molar-refractivity contribution in [2.75, 3.05) is 13.7 Å². The first-order chi connectivity index (χ1) is 7.24. The summed E-state index contributed by atoms with van der Waals surface area (Å²) in [6.07, 6.45) is 0.509. The van der Waals surface area contributed by atoms with Crippen molar-refractivity contribution in [2.45, 2.75) is 12.3 Å². The lowest BCUT2D eigenvalue weighted by Gasteiger charge is -2.24. The number of hydrogen-bond donors (Lipinski definition) is 1. The van der Waals surface area contributed by atoms with Gasteiger partial charge in [-0.2, -0.15) is 0 Å². The Morgan fingerprint density at radius 3 is 3.07 bits per heavy atom. The summed E-state index contributed by atoms with van der Waals surface area (Å²) >= 11 is 0. The number of hydrogen-bond acceptors (Lipinski definition) is 3. The van der Waals surface area contributed by atoms with E-state index in [9.17, 15) is 4.79 Å². The largest absolute Gasteiger partial charge is 0.493 e. The summed E-state index contributed by atoms with van der Waals surface area (Å²) in [5, 5.41) is 9.05. The Morgan fingerprint density at radius 1 is 1.60 bits per heavy atom. The third kappa shape index (κ3) is 1.63. The van der Waals surface area contributed by atoms with Crippen LogP contribution >= 0.6 is 0 Å². The molecule has 1 heterocycles. The average Bonchev–Trinajstić information content (AvgIpc) is 2.27. The van der Waals surface area contributed by atoms with E-state index < -0.39 is 11.9 Å². The van der Waals surface area contributed by atoms with Crippen LogP contribution < -0.4 is 9.47 Å². The lowest BCUT2D eigenvalue weighted by atomic mass is 9.93. The standard InChI is InChI=1S/C11H12O4/c1-14-9-4-2-3-7-8(11(12)13)5-6-15-10(7)9/h2-4,8H,5-6H2,1H3,(H,12,13)/t8-/m1/s1. The van der Waals surface area contributed by atoms with E-state index in [4.69, 9.17) is 14.6 Å². The maximum atomic E-state index is 11.0. The Bertz CT molecular complexity index is 386. The van der Waals surface area contributed by atoms with Gasteiger partial charge >= 0.3 is 5.97 Å². The lowest BCUT2D eigenvalue weighted by Crippen LogP contribution is -2.21. The van der Waals surface area contributed by atoms with Gasteiger partial charge in [-0.15, -0.1) is 0 Å². The number of fused-ring (bicyclic) bond motifs is 1. The van der Waals surface area contributed by atoms with Gasteiger partial charge < -0.3 is 14.6 Å². The lowest BCUT2D eigenvalue weighted by molar-refractivity contribution is -0.139. The molecule has 0 bridgehead atoms. The molecule has 1 aliphatic rings. The van der Waals surface area contributed by atoms with Gasteiger partial charge in [-0.05, 0) is 12.5 Å². The summed E-state index contributed by atoms with van der Waals surface area (Å²) in [5.41, 5.74) is 0.702. The molecule has 0 saturated heterocycles. The Hall–Kier alpha value is -1.71. The second-order valence-electron chi connectivity index (χ2n) is 3.41. The topological polar surface area (TPSA) is 55.8 Å². The molecule has 0 spiro atoms. The molecule has 2 rings (SSSR count). The van der Waals surface area contributed by atoms with Crippen molar-refractivity contribution in [3.8, 4) is 11.5 Å². The monoisotopic (exact) mass is 208 g/mol. The van der Waals surface area contributed by atoms with E-state index in [1.54, 1.807) is 25.3 Å². The van der Waals surface area contributed by atoms with E-state index in [0.717, 1.165) is 0 Å². The van der Waals surface area contributed by atoms with Crippen LogP contribution in [0.2, 0.25) is 0 Å². The molecule has 0 unspecified atom stereocenters. The van der Waals surface area contributed by atoms with Crippen LogP contribution in [0.3, 0.4) is 0 Å². The molecule has 1 aromatic rings. The number of carboxylic acid groups (broad SMARTS) is 1. The van der Waals surface area contributed by atoms with Crippen LogP contribution in [0.4, 0.5) is 0 Å². The molecule has 1 N–H and O–H groups in total. The molecule has 80 valence electrons. The van der Waals surface area contributed by atoms with E-state index in [1.807, 2.05) is 0 Å². The molecular weight excluding hydrogens is 196 g/mol. The highest BCUT2D eigenvalue weighted by atomic mass is 16.5. The Morgan fingerprint density at radius 2 is 2.40 bits per heavy atom. The maximum Gasteiger partial charge on any atom is 0.311 e. The van der Waals surface area contributed by atoms with Gasteiger partial charge in [0.1, 0.15) is 0 Å². The second kappa shape index (κ2) is 3.81. The summed E-state index contributed by atoms with van der Waals surface area (Å²) in [5.74, 6) is -0.131. The van der Waals surface area contributed by atoms with Crippen LogP contribution in [0, 0.1) is 0 Å². The minimum absolute atomic E-state index is 0.421. The van der Waals surface area contributed by atoms with Gasteiger partial charge in [0.05, 0.1) is 19.6 Å². The minimum Gasteiger partial charge on any atom is -0.493 e. The van der Waals surface area contributed by atoms with Crippen molar-refractivity contribution in [1.29, 1.82) is 0 Å². The summed E-state index contributed by atoms with van der Waals surface area (Å²) < 4.78 is 10.6. The van der Waals surface area contributed by atoms with Crippen LogP contribution in [-0.4, -0.2) is 24.8 Å².